The summed E-state index contributed by atoms with van der Waals surface area (Å²) in [5.41, 5.74) is 1.81. The monoisotopic (exact) mass is 390 g/mol. The van der Waals surface area contributed by atoms with Crippen LogP contribution in [0.5, 0.6) is 5.75 Å². The van der Waals surface area contributed by atoms with Crippen molar-refractivity contribution in [2.75, 3.05) is 5.75 Å². The van der Waals surface area contributed by atoms with Gasteiger partial charge >= 0.3 is 0 Å². The number of hydrogen-bond donors (Lipinski definition) is 0. The van der Waals surface area contributed by atoms with Crippen molar-refractivity contribution >= 4 is 40.7 Å². The van der Waals surface area contributed by atoms with E-state index >= 15 is 0 Å². The van der Waals surface area contributed by atoms with Crippen LogP contribution in [-0.2, 0) is 6.61 Å². The SMILES string of the molecule is Clc1ccc(C2=Nn3c(COc4ccccc4)nnc3SC2)cc1Cl. The van der Waals surface area contributed by atoms with Gasteiger partial charge in [-0.3, -0.25) is 0 Å². The molecule has 4 rings (SSSR count). The van der Waals surface area contributed by atoms with Gasteiger partial charge in [-0.25, -0.2) is 0 Å². The highest BCUT2D eigenvalue weighted by Gasteiger charge is 2.20. The minimum absolute atomic E-state index is 0.287. The number of aromatic nitrogens is 3. The molecule has 25 heavy (non-hydrogen) atoms. The normalized spacial score (nSPS) is 13.3. The number of para-hydroxylation sites is 1. The van der Waals surface area contributed by atoms with Crippen molar-refractivity contribution in [2.45, 2.75) is 11.8 Å². The standard InChI is InChI=1S/C17H12Cl2N4OS/c18-13-7-6-11(8-14(13)19)15-10-25-17-21-20-16(23(17)22-15)9-24-12-4-2-1-3-5-12/h1-8H,9-10H2. The second-order valence-corrected chi connectivity index (χ2v) is 7.03. The maximum absolute atomic E-state index is 6.12. The van der Waals surface area contributed by atoms with Gasteiger partial charge in [-0.1, -0.05) is 59.2 Å². The average Bonchev–Trinajstić information content (AvgIpc) is 3.05. The summed E-state index contributed by atoms with van der Waals surface area (Å²) in [5.74, 6) is 2.11. The van der Waals surface area contributed by atoms with Crippen molar-refractivity contribution in [1.82, 2.24) is 14.9 Å². The molecule has 0 amide bonds. The topological polar surface area (TPSA) is 52.3 Å². The van der Waals surface area contributed by atoms with E-state index in [1.807, 2.05) is 42.5 Å². The largest absolute Gasteiger partial charge is 0.486 e. The fourth-order valence-electron chi connectivity index (χ4n) is 2.34. The van der Waals surface area contributed by atoms with Crippen LogP contribution in [0.4, 0.5) is 0 Å². The lowest BCUT2D eigenvalue weighted by molar-refractivity contribution is 0.290. The Morgan fingerprint density at radius 1 is 1.04 bits per heavy atom. The Labute approximate surface area is 158 Å². The summed E-state index contributed by atoms with van der Waals surface area (Å²) < 4.78 is 7.47. The molecular weight excluding hydrogens is 379 g/mol. The molecule has 0 aliphatic carbocycles. The number of rotatable bonds is 4. The van der Waals surface area contributed by atoms with Crippen molar-refractivity contribution in [3.8, 4) is 5.75 Å². The highest BCUT2D eigenvalue weighted by Crippen LogP contribution is 2.28. The van der Waals surface area contributed by atoms with Crippen molar-refractivity contribution in [3.63, 3.8) is 0 Å². The van der Waals surface area contributed by atoms with E-state index in [9.17, 15) is 0 Å². The fourth-order valence-corrected chi connectivity index (χ4v) is 3.50. The molecule has 0 radical (unpaired) electrons. The van der Waals surface area contributed by atoms with E-state index in [-0.39, 0.29) is 6.61 Å². The molecule has 0 unspecified atom stereocenters. The Morgan fingerprint density at radius 3 is 2.68 bits per heavy atom. The molecule has 1 aromatic heterocycles. The van der Waals surface area contributed by atoms with Crippen LogP contribution < -0.4 is 4.74 Å². The van der Waals surface area contributed by atoms with Gasteiger partial charge < -0.3 is 4.74 Å². The third-order valence-electron chi connectivity index (χ3n) is 3.60. The second kappa shape index (κ2) is 7.07. The van der Waals surface area contributed by atoms with Crippen LogP contribution in [0.15, 0.2) is 58.8 Å². The Balaban J connectivity index is 1.60. The quantitative estimate of drug-likeness (QED) is 0.656. The first kappa shape index (κ1) is 16.4. The van der Waals surface area contributed by atoms with Gasteiger partial charge in [-0.15, -0.1) is 10.2 Å². The minimum Gasteiger partial charge on any atom is -0.486 e. The summed E-state index contributed by atoms with van der Waals surface area (Å²) >= 11 is 13.7. The first-order chi connectivity index (χ1) is 12.2. The van der Waals surface area contributed by atoms with E-state index in [0.29, 0.717) is 21.6 Å². The lowest BCUT2D eigenvalue weighted by Gasteiger charge is -2.14. The van der Waals surface area contributed by atoms with E-state index in [0.717, 1.165) is 22.2 Å². The molecule has 2 heterocycles. The summed E-state index contributed by atoms with van der Waals surface area (Å²) in [7, 11) is 0. The number of nitrogens with zero attached hydrogens (tertiary/aromatic N) is 4. The third-order valence-corrected chi connectivity index (χ3v) is 5.27. The van der Waals surface area contributed by atoms with Gasteiger partial charge in [0.15, 0.2) is 5.82 Å². The summed E-state index contributed by atoms with van der Waals surface area (Å²) in [6.07, 6.45) is 0. The Morgan fingerprint density at radius 2 is 1.88 bits per heavy atom. The van der Waals surface area contributed by atoms with E-state index < -0.39 is 0 Å². The van der Waals surface area contributed by atoms with Crippen LogP contribution >= 0.6 is 35.0 Å². The summed E-state index contributed by atoms with van der Waals surface area (Å²) in [5, 5.41) is 14.8. The molecule has 0 saturated carbocycles. The van der Waals surface area contributed by atoms with Gasteiger partial charge in [0.1, 0.15) is 12.4 Å². The number of ether oxygens (including phenoxy) is 1. The van der Waals surface area contributed by atoms with Crippen LogP contribution in [-0.4, -0.2) is 26.3 Å². The Kier molecular flexibility index (Phi) is 4.65. The number of halogens is 2. The first-order valence-electron chi connectivity index (χ1n) is 7.49. The zero-order valence-electron chi connectivity index (χ0n) is 12.9. The smallest absolute Gasteiger partial charge is 0.212 e. The van der Waals surface area contributed by atoms with Gasteiger partial charge in [0.2, 0.25) is 5.16 Å². The maximum atomic E-state index is 6.12. The molecule has 0 N–H and O–H groups in total. The molecule has 1 aliphatic heterocycles. The van der Waals surface area contributed by atoms with Crippen LogP contribution in [0.3, 0.4) is 0 Å². The summed E-state index contributed by atoms with van der Waals surface area (Å²) in [6.45, 7) is 0.287. The van der Waals surface area contributed by atoms with Crippen LogP contribution in [0.2, 0.25) is 10.0 Å². The summed E-state index contributed by atoms with van der Waals surface area (Å²) in [4.78, 5) is 0. The second-order valence-electron chi connectivity index (χ2n) is 5.28. The molecule has 8 heteroatoms. The van der Waals surface area contributed by atoms with E-state index in [1.54, 1.807) is 22.5 Å². The molecule has 0 saturated heterocycles. The van der Waals surface area contributed by atoms with Crippen molar-refractivity contribution in [3.05, 3.63) is 70.0 Å². The minimum atomic E-state index is 0.287. The molecule has 0 bridgehead atoms. The lowest BCUT2D eigenvalue weighted by atomic mass is 10.1. The van der Waals surface area contributed by atoms with Gasteiger partial charge in [0, 0.05) is 11.3 Å². The number of benzene rings is 2. The molecular formula is C17H12Cl2N4OS. The molecule has 0 atom stereocenters. The van der Waals surface area contributed by atoms with Crippen molar-refractivity contribution in [2.24, 2.45) is 5.10 Å². The molecule has 5 nitrogen and oxygen atoms in total. The number of hydrogen-bond acceptors (Lipinski definition) is 5. The molecule has 3 aromatic rings. The summed E-state index contributed by atoms with van der Waals surface area (Å²) in [6, 6.07) is 15.1. The Hall–Kier alpha value is -2.02. The molecule has 126 valence electrons. The predicted molar refractivity (Wildman–Crippen MR) is 99.9 cm³/mol. The number of fused-ring (bicyclic) bond motifs is 1. The van der Waals surface area contributed by atoms with Gasteiger partial charge in [-0.2, -0.15) is 9.78 Å². The van der Waals surface area contributed by atoms with E-state index in [1.165, 1.54) is 0 Å². The molecule has 2 aromatic carbocycles. The van der Waals surface area contributed by atoms with E-state index in [2.05, 4.69) is 15.3 Å². The van der Waals surface area contributed by atoms with Crippen LogP contribution in [0.1, 0.15) is 11.4 Å². The number of thioether (sulfide) groups is 1. The fraction of sp³-hybridized carbons (Fsp3) is 0.118. The molecule has 1 aliphatic rings. The molecule has 0 spiro atoms. The van der Waals surface area contributed by atoms with Gasteiger partial charge in [0.05, 0.1) is 15.8 Å². The predicted octanol–water partition coefficient (Wildman–Crippen LogP) is 4.52. The lowest BCUT2D eigenvalue weighted by Crippen LogP contribution is -2.15. The van der Waals surface area contributed by atoms with Gasteiger partial charge in [-0.05, 0) is 24.3 Å². The third kappa shape index (κ3) is 3.51. The average molecular weight is 391 g/mol. The zero-order valence-corrected chi connectivity index (χ0v) is 15.2. The molecule has 0 fully saturated rings. The first-order valence-corrected chi connectivity index (χ1v) is 9.23. The van der Waals surface area contributed by atoms with Crippen LogP contribution in [0.25, 0.3) is 0 Å². The van der Waals surface area contributed by atoms with Gasteiger partial charge in [0.25, 0.3) is 0 Å². The maximum Gasteiger partial charge on any atom is 0.212 e. The van der Waals surface area contributed by atoms with E-state index in [4.69, 9.17) is 27.9 Å². The highest BCUT2D eigenvalue weighted by atomic mass is 35.5. The Bertz CT molecular complexity index is 943. The van der Waals surface area contributed by atoms with Crippen molar-refractivity contribution in [1.29, 1.82) is 0 Å². The van der Waals surface area contributed by atoms with Crippen molar-refractivity contribution < 1.29 is 4.74 Å². The van der Waals surface area contributed by atoms with Crippen LogP contribution in [0, 0.1) is 0 Å². The highest BCUT2D eigenvalue weighted by molar-refractivity contribution is 7.99. The zero-order chi connectivity index (χ0) is 17.2.